The van der Waals surface area contributed by atoms with E-state index in [1.165, 1.54) is 11.2 Å². The molecule has 0 aliphatic heterocycles. The SMILES string of the molecule is COc1ccc(CNS(=O)(=O)c2cccc(CC3CCC3)c2-c2nnn(Cc3ccc(OC)cc3)n2)cc1. The second-order valence-corrected chi connectivity index (χ2v) is 11.2. The highest BCUT2D eigenvalue weighted by Gasteiger charge is 2.27. The Hall–Kier alpha value is -3.76. The lowest BCUT2D eigenvalue weighted by molar-refractivity contribution is 0.314. The quantitative estimate of drug-likeness (QED) is 0.307. The Morgan fingerprint density at radius 3 is 2.18 bits per heavy atom. The molecule has 0 saturated heterocycles. The lowest BCUT2D eigenvalue weighted by Crippen LogP contribution is -2.24. The minimum absolute atomic E-state index is 0.149. The summed E-state index contributed by atoms with van der Waals surface area (Å²) in [6.45, 7) is 0.551. The van der Waals surface area contributed by atoms with Gasteiger partial charge in [0, 0.05) is 12.1 Å². The third-order valence-electron chi connectivity index (χ3n) is 6.92. The van der Waals surface area contributed by atoms with Crippen LogP contribution >= 0.6 is 0 Å². The molecule has 1 N–H and O–H groups in total. The van der Waals surface area contributed by atoms with Crippen LogP contribution < -0.4 is 14.2 Å². The fraction of sp³-hybridized carbons (Fsp3) is 0.321. The highest BCUT2D eigenvalue weighted by molar-refractivity contribution is 7.89. The molecule has 0 amide bonds. The molecule has 0 unspecified atom stereocenters. The molecule has 1 aromatic heterocycles. The molecule has 9 nitrogen and oxygen atoms in total. The summed E-state index contributed by atoms with van der Waals surface area (Å²) in [6, 6.07) is 20.3. The molecule has 1 fully saturated rings. The van der Waals surface area contributed by atoms with Crippen molar-refractivity contribution >= 4 is 10.0 Å². The number of benzene rings is 3. The van der Waals surface area contributed by atoms with Gasteiger partial charge in [-0.15, -0.1) is 10.2 Å². The molecule has 1 saturated carbocycles. The Kier molecular flexibility index (Phi) is 7.71. The maximum Gasteiger partial charge on any atom is 0.241 e. The molecule has 5 rings (SSSR count). The fourth-order valence-electron chi connectivity index (χ4n) is 4.54. The fourth-order valence-corrected chi connectivity index (χ4v) is 5.80. The van der Waals surface area contributed by atoms with Gasteiger partial charge >= 0.3 is 0 Å². The molecule has 1 heterocycles. The summed E-state index contributed by atoms with van der Waals surface area (Å²) in [5.74, 6) is 2.32. The van der Waals surface area contributed by atoms with Crippen molar-refractivity contribution in [1.29, 1.82) is 0 Å². The molecule has 198 valence electrons. The van der Waals surface area contributed by atoms with Crippen LogP contribution in [0.2, 0.25) is 0 Å². The van der Waals surface area contributed by atoms with Gasteiger partial charge in [0.05, 0.1) is 25.7 Å². The Labute approximate surface area is 222 Å². The lowest BCUT2D eigenvalue weighted by atomic mass is 9.80. The number of hydrogen-bond acceptors (Lipinski definition) is 7. The van der Waals surface area contributed by atoms with Crippen LogP contribution in [0, 0.1) is 5.92 Å². The molecule has 0 bridgehead atoms. The summed E-state index contributed by atoms with van der Waals surface area (Å²) in [7, 11) is -0.651. The van der Waals surface area contributed by atoms with Crippen molar-refractivity contribution in [3.63, 3.8) is 0 Å². The number of sulfonamides is 1. The second-order valence-electron chi connectivity index (χ2n) is 9.46. The Bertz CT molecular complexity index is 1480. The van der Waals surface area contributed by atoms with Crippen LogP contribution in [-0.4, -0.2) is 42.8 Å². The first-order valence-electron chi connectivity index (χ1n) is 12.6. The Morgan fingerprint density at radius 2 is 1.58 bits per heavy atom. The smallest absolute Gasteiger partial charge is 0.241 e. The molecule has 4 aromatic rings. The number of ether oxygens (including phenoxy) is 2. The van der Waals surface area contributed by atoms with Crippen LogP contribution in [0.1, 0.15) is 36.0 Å². The summed E-state index contributed by atoms with van der Waals surface area (Å²) in [5, 5.41) is 13.1. The predicted octanol–water partition coefficient (Wildman–Crippen LogP) is 4.23. The Morgan fingerprint density at radius 1 is 0.921 bits per heavy atom. The van der Waals surface area contributed by atoms with Gasteiger partial charge in [-0.1, -0.05) is 55.7 Å². The normalized spacial score (nSPS) is 13.7. The zero-order chi connectivity index (χ0) is 26.5. The van der Waals surface area contributed by atoms with Gasteiger partial charge in [-0.2, -0.15) is 4.80 Å². The minimum atomic E-state index is -3.87. The van der Waals surface area contributed by atoms with Crippen molar-refractivity contribution in [2.45, 2.75) is 43.7 Å². The Balaban J connectivity index is 1.44. The van der Waals surface area contributed by atoms with Crippen molar-refractivity contribution in [3.05, 3.63) is 83.4 Å². The van der Waals surface area contributed by atoms with Crippen molar-refractivity contribution in [1.82, 2.24) is 24.9 Å². The van der Waals surface area contributed by atoms with E-state index in [0.717, 1.165) is 41.7 Å². The molecule has 0 radical (unpaired) electrons. The van der Waals surface area contributed by atoms with Crippen LogP contribution in [0.5, 0.6) is 11.5 Å². The zero-order valence-electron chi connectivity index (χ0n) is 21.5. The molecule has 0 spiro atoms. The van der Waals surface area contributed by atoms with Crippen molar-refractivity contribution in [2.24, 2.45) is 5.92 Å². The van der Waals surface area contributed by atoms with E-state index in [4.69, 9.17) is 9.47 Å². The highest BCUT2D eigenvalue weighted by atomic mass is 32.2. The van der Waals surface area contributed by atoms with Crippen LogP contribution in [0.3, 0.4) is 0 Å². The van der Waals surface area contributed by atoms with Crippen molar-refractivity contribution in [2.75, 3.05) is 14.2 Å². The first-order valence-corrected chi connectivity index (χ1v) is 14.1. The van der Waals surface area contributed by atoms with E-state index in [0.29, 0.717) is 29.6 Å². The van der Waals surface area contributed by atoms with Gasteiger partial charge in [0.15, 0.2) is 0 Å². The van der Waals surface area contributed by atoms with Gasteiger partial charge in [0.25, 0.3) is 0 Å². The summed E-state index contributed by atoms with van der Waals surface area (Å²) < 4.78 is 40.3. The van der Waals surface area contributed by atoms with E-state index in [9.17, 15) is 8.42 Å². The standard InChI is InChI=1S/C28H31N5O4S/c1-36-24-13-9-21(10-14-24)18-29-38(34,35)26-8-4-7-23(17-20-5-3-6-20)27(26)28-30-32-33(31-28)19-22-11-15-25(37-2)16-12-22/h4,7-16,20,29H,3,5-6,17-19H2,1-2H3. The first kappa shape index (κ1) is 25.9. The maximum absolute atomic E-state index is 13.6. The molecule has 1 aliphatic carbocycles. The van der Waals surface area contributed by atoms with Gasteiger partial charge in [-0.05, 0) is 64.6 Å². The van der Waals surface area contributed by atoms with Gasteiger partial charge in [-0.3, -0.25) is 0 Å². The third kappa shape index (κ3) is 5.87. The molecular weight excluding hydrogens is 502 g/mol. The number of rotatable bonds is 11. The van der Waals surface area contributed by atoms with Crippen LogP contribution in [0.15, 0.2) is 71.6 Å². The van der Waals surface area contributed by atoms with E-state index in [1.54, 1.807) is 38.5 Å². The summed E-state index contributed by atoms with van der Waals surface area (Å²) in [6.07, 6.45) is 4.27. The highest BCUT2D eigenvalue weighted by Crippen LogP contribution is 2.35. The number of methoxy groups -OCH3 is 2. The molecule has 10 heteroatoms. The van der Waals surface area contributed by atoms with E-state index in [1.807, 2.05) is 42.5 Å². The number of aromatic nitrogens is 4. The van der Waals surface area contributed by atoms with Gasteiger partial charge in [0.2, 0.25) is 15.8 Å². The average Bonchev–Trinajstić information content (AvgIpc) is 3.38. The summed E-state index contributed by atoms with van der Waals surface area (Å²) in [5.41, 5.74) is 3.24. The second kappa shape index (κ2) is 11.3. The summed E-state index contributed by atoms with van der Waals surface area (Å²) >= 11 is 0. The largest absolute Gasteiger partial charge is 0.497 e. The monoisotopic (exact) mass is 533 g/mol. The molecule has 1 aliphatic rings. The number of nitrogens with one attached hydrogen (secondary N) is 1. The summed E-state index contributed by atoms with van der Waals surface area (Å²) in [4.78, 5) is 1.64. The van der Waals surface area contributed by atoms with E-state index in [-0.39, 0.29) is 11.4 Å². The van der Waals surface area contributed by atoms with Crippen LogP contribution in [-0.2, 0) is 29.5 Å². The van der Waals surface area contributed by atoms with E-state index >= 15 is 0 Å². The van der Waals surface area contributed by atoms with Gasteiger partial charge in [0.1, 0.15) is 11.5 Å². The molecule has 38 heavy (non-hydrogen) atoms. The lowest BCUT2D eigenvalue weighted by Gasteiger charge is -2.26. The topological polar surface area (TPSA) is 108 Å². The predicted molar refractivity (Wildman–Crippen MR) is 143 cm³/mol. The number of tetrazole rings is 1. The van der Waals surface area contributed by atoms with Crippen LogP contribution in [0.4, 0.5) is 0 Å². The van der Waals surface area contributed by atoms with Crippen molar-refractivity contribution < 1.29 is 17.9 Å². The molecule has 3 aromatic carbocycles. The van der Waals surface area contributed by atoms with Crippen LogP contribution in [0.25, 0.3) is 11.4 Å². The minimum Gasteiger partial charge on any atom is -0.497 e. The maximum atomic E-state index is 13.6. The number of nitrogens with zero attached hydrogens (tertiary/aromatic N) is 4. The molecule has 0 atom stereocenters. The average molecular weight is 534 g/mol. The van der Waals surface area contributed by atoms with Gasteiger partial charge in [-0.25, -0.2) is 13.1 Å². The molecular formula is C28H31N5O4S. The first-order chi connectivity index (χ1) is 18.4. The number of hydrogen-bond donors (Lipinski definition) is 1. The zero-order valence-corrected chi connectivity index (χ0v) is 22.3. The van der Waals surface area contributed by atoms with Crippen molar-refractivity contribution in [3.8, 4) is 22.9 Å². The third-order valence-corrected chi connectivity index (χ3v) is 8.36. The van der Waals surface area contributed by atoms with E-state index < -0.39 is 10.0 Å². The van der Waals surface area contributed by atoms with E-state index in [2.05, 4.69) is 20.1 Å². The van der Waals surface area contributed by atoms with Gasteiger partial charge < -0.3 is 9.47 Å².